The number of ketones is 1. The van der Waals surface area contributed by atoms with Gasteiger partial charge < -0.3 is 0 Å². The number of hydrogen-bond acceptors (Lipinski definition) is 5. The first kappa shape index (κ1) is 20.1. The predicted molar refractivity (Wildman–Crippen MR) is 110 cm³/mol. The number of nitrogens with one attached hydrogen (secondary N) is 1. The van der Waals surface area contributed by atoms with Crippen LogP contribution in [0, 0.1) is 33.3 Å². The smallest absolute Gasteiger partial charge is 0.270 e. The lowest BCUT2D eigenvalue weighted by Crippen LogP contribution is -2.60. The maximum atomic E-state index is 13.5. The number of Topliss-reactive ketones (excluding diaryl/α,β-unsaturated/α-hetero) is 1. The van der Waals surface area contributed by atoms with Crippen LogP contribution >= 0.6 is 0 Å². The lowest BCUT2D eigenvalue weighted by atomic mass is 9.48. The molecule has 0 aromatic heterocycles. The van der Waals surface area contributed by atoms with Gasteiger partial charge in [-0.25, -0.2) is 8.42 Å². The van der Waals surface area contributed by atoms with E-state index in [2.05, 4.69) is 4.72 Å². The fraction of sp³-hybridized carbons (Fsp3) is 0.682. The highest BCUT2D eigenvalue weighted by Gasteiger charge is 2.55. The minimum Gasteiger partial charge on any atom is -0.298 e. The van der Waals surface area contributed by atoms with Gasteiger partial charge in [0.15, 0.2) is 5.78 Å². The number of benzene rings is 1. The Morgan fingerprint density at radius 2 is 1.70 bits per heavy atom. The maximum Gasteiger partial charge on any atom is 0.270 e. The molecule has 1 aromatic rings. The van der Waals surface area contributed by atoms with Crippen LogP contribution in [-0.2, 0) is 14.8 Å². The number of carbonyl (C=O) groups excluding carboxylic acids is 1. The van der Waals surface area contributed by atoms with E-state index in [0.29, 0.717) is 19.3 Å². The number of rotatable bonds is 7. The first-order valence-corrected chi connectivity index (χ1v) is 12.5. The van der Waals surface area contributed by atoms with Gasteiger partial charge in [0.2, 0.25) is 10.0 Å². The molecule has 162 valence electrons. The fourth-order valence-corrected chi connectivity index (χ4v) is 8.55. The second-order valence-corrected chi connectivity index (χ2v) is 12.0. The van der Waals surface area contributed by atoms with E-state index in [-0.39, 0.29) is 21.8 Å². The van der Waals surface area contributed by atoms with Crippen LogP contribution in [0.1, 0.15) is 64.2 Å². The van der Waals surface area contributed by atoms with Crippen LogP contribution in [0.5, 0.6) is 0 Å². The van der Waals surface area contributed by atoms with E-state index in [4.69, 9.17) is 0 Å². The first-order chi connectivity index (χ1) is 14.2. The second-order valence-electron chi connectivity index (χ2n) is 10.3. The minimum atomic E-state index is -4.02. The van der Waals surface area contributed by atoms with Crippen molar-refractivity contribution >= 4 is 21.5 Å². The zero-order valence-electron chi connectivity index (χ0n) is 17.0. The Morgan fingerprint density at radius 3 is 2.20 bits per heavy atom. The number of nitro groups is 1. The molecule has 5 aliphatic carbocycles. The Balaban J connectivity index is 1.36. The molecule has 0 aliphatic heterocycles. The number of sulfonamides is 1. The minimum absolute atomic E-state index is 0.0182. The summed E-state index contributed by atoms with van der Waals surface area (Å²) in [5.74, 6) is 2.23. The van der Waals surface area contributed by atoms with Gasteiger partial charge in [-0.1, -0.05) is 6.07 Å². The van der Waals surface area contributed by atoms with Crippen molar-refractivity contribution in [2.24, 2.45) is 23.2 Å². The Morgan fingerprint density at radius 1 is 1.10 bits per heavy atom. The predicted octanol–water partition coefficient (Wildman–Crippen LogP) is 3.97. The summed E-state index contributed by atoms with van der Waals surface area (Å²) in [6, 6.07) is 5.01. The number of nitro benzene ring substituents is 1. The van der Waals surface area contributed by atoms with E-state index >= 15 is 0 Å². The van der Waals surface area contributed by atoms with Crippen molar-refractivity contribution in [1.82, 2.24) is 4.72 Å². The highest BCUT2D eigenvalue weighted by molar-refractivity contribution is 7.89. The topological polar surface area (TPSA) is 106 Å². The fourth-order valence-electron chi connectivity index (χ4n) is 7.06. The molecule has 5 fully saturated rings. The summed E-state index contributed by atoms with van der Waals surface area (Å²) >= 11 is 0. The van der Waals surface area contributed by atoms with Crippen LogP contribution in [-0.4, -0.2) is 24.7 Å². The molecule has 1 aromatic carbocycles. The zero-order chi connectivity index (χ0) is 21.1. The van der Waals surface area contributed by atoms with Crippen molar-refractivity contribution in [1.29, 1.82) is 0 Å². The molecular weight excluding hydrogens is 404 g/mol. The number of hydrogen-bond donors (Lipinski definition) is 1. The summed E-state index contributed by atoms with van der Waals surface area (Å²) in [5, 5.41) is 11.0. The van der Waals surface area contributed by atoms with Crippen LogP contribution in [0.2, 0.25) is 0 Å². The van der Waals surface area contributed by atoms with Crippen LogP contribution in [0.3, 0.4) is 0 Å². The van der Waals surface area contributed by atoms with E-state index in [1.807, 2.05) is 0 Å². The summed E-state index contributed by atoms with van der Waals surface area (Å²) in [4.78, 5) is 23.7. The largest absolute Gasteiger partial charge is 0.298 e. The van der Waals surface area contributed by atoms with Crippen LogP contribution in [0.15, 0.2) is 29.2 Å². The van der Waals surface area contributed by atoms with Gasteiger partial charge in [0.1, 0.15) is 0 Å². The van der Waals surface area contributed by atoms with E-state index in [1.165, 1.54) is 37.5 Å². The van der Waals surface area contributed by atoms with Crippen molar-refractivity contribution in [3.63, 3.8) is 0 Å². The molecule has 4 bridgehead atoms. The van der Waals surface area contributed by atoms with Crippen molar-refractivity contribution in [3.8, 4) is 0 Å². The van der Waals surface area contributed by atoms with Crippen molar-refractivity contribution < 1.29 is 18.1 Å². The summed E-state index contributed by atoms with van der Waals surface area (Å²) in [6.07, 6.45) is 9.53. The highest BCUT2D eigenvalue weighted by atomic mass is 32.2. The normalized spacial score (nSPS) is 33.8. The second kappa shape index (κ2) is 6.85. The molecule has 0 unspecified atom stereocenters. The molecule has 30 heavy (non-hydrogen) atoms. The molecule has 8 heteroatoms. The molecular formula is C22H28N2O5S. The number of nitrogens with zero attached hydrogens (tertiary/aromatic N) is 1. The third-order valence-electron chi connectivity index (χ3n) is 8.11. The molecule has 0 atom stereocenters. The number of non-ortho nitro benzene ring substituents is 1. The average Bonchev–Trinajstić information content (AvgIpc) is 2.63. The van der Waals surface area contributed by atoms with Gasteiger partial charge in [0.05, 0.1) is 15.4 Å². The van der Waals surface area contributed by atoms with Crippen molar-refractivity contribution in [2.75, 3.05) is 0 Å². The van der Waals surface area contributed by atoms with E-state index in [0.717, 1.165) is 49.5 Å². The van der Waals surface area contributed by atoms with Gasteiger partial charge in [-0.05, 0) is 87.0 Å². The number of carbonyl (C=O) groups is 1. The lowest BCUT2D eigenvalue weighted by Gasteiger charge is -2.57. The SMILES string of the molecule is O=C(CC12CC3CC(CC(C3)C1)C2)C1(NS(=O)(=O)c2cccc([N+](=O)[O-])c2)CCC1. The third kappa shape index (κ3) is 3.38. The molecule has 0 spiro atoms. The molecule has 7 nitrogen and oxygen atoms in total. The monoisotopic (exact) mass is 432 g/mol. The molecule has 0 amide bonds. The summed E-state index contributed by atoms with van der Waals surface area (Å²) in [5.41, 5.74) is -1.27. The summed E-state index contributed by atoms with van der Waals surface area (Å²) < 4.78 is 28.7. The van der Waals surface area contributed by atoms with Gasteiger partial charge in [-0.15, -0.1) is 0 Å². The molecule has 6 rings (SSSR count). The summed E-state index contributed by atoms with van der Waals surface area (Å²) in [7, 11) is -4.02. The quantitative estimate of drug-likeness (QED) is 0.518. The van der Waals surface area contributed by atoms with Gasteiger partial charge in [0.25, 0.3) is 5.69 Å². The van der Waals surface area contributed by atoms with Crippen LogP contribution in [0.25, 0.3) is 0 Å². The zero-order valence-corrected chi connectivity index (χ0v) is 17.8. The average molecular weight is 433 g/mol. The Bertz CT molecular complexity index is 963. The van der Waals surface area contributed by atoms with Gasteiger partial charge in [0, 0.05) is 18.6 Å². The van der Waals surface area contributed by atoms with E-state index in [9.17, 15) is 23.3 Å². The highest BCUT2D eigenvalue weighted by Crippen LogP contribution is 2.62. The van der Waals surface area contributed by atoms with E-state index in [1.54, 1.807) is 0 Å². The van der Waals surface area contributed by atoms with Crippen LogP contribution in [0.4, 0.5) is 5.69 Å². The Hall–Kier alpha value is -1.80. The van der Waals surface area contributed by atoms with Crippen molar-refractivity contribution in [2.45, 2.75) is 74.6 Å². The van der Waals surface area contributed by atoms with Gasteiger partial charge >= 0.3 is 0 Å². The lowest BCUT2D eigenvalue weighted by molar-refractivity contribution is -0.385. The molecule has 0 heterocycles. The van der Waals surface area contributed by atoms with Gasteiger partial charge in [-0.2, -0.15) is 4.72 Å². The van der Waals surface area contributed by atoms with Gasteiger partial charge in [-0.3, -0.25) is 14.9 Å². The first-order valence-electron chi connectivity index (χ1n) is 11.0. The van der Waals surface area contributed by atoms with E-state index < -0.39 is 20.5 Å². The molecule has 0 radical (unpaired) electrons. The maximum absolute atomic E-state index is 13.5. The molecule has 0 saturated heterocycles. The summed E-state index contributed by atoms with van der Waals surface area (Å²) in [6.45, 7) is 0. The Labute approximate surface area is 176 Å². The Kier molecular flexibility index (Phi) is 4.60. The molecule has 1 N–H and O–H groups in total. The molecule has 5 aliphatic rings. The molecule has 5 saturated carbocycles. The third-order valence-corrected chi connectivity index (χ3v) is 9.64. The standard InChI is InChI=1S/C22H28N2O5S/c25-20(14-21-11-15-7-16(12-21)9-17(8-15)13-21)22(5-2-6-22)23-30(28,29)19-4-1-3-18(10-19)24(26)27/h1,3-4,10,15-17,23H,2,5-9,11-14H2. The van der Waals surface area contributed by atoms with Crippen molar-refractivity contribution in [3.05, 3.63) is 34.4 Å². The van der Waals surface area contributed by atoms with Crippen LogP contribution < -0.4 is 4.72 Å².